The second kappa shape index (κ2) is 3.88. The van der Waals surface area contributed by atoms with E-state index in [9.17, 15) is 4.39 Å². The van der Waals surface area contributed by atoms with Crippen LogP contribution in [0.15, 0.2) is 0 Å². The van der Waals surface area contributed by atoms with Crippen LogP contribution in [0.1, 0.15) is 12.8 Å². The van der Waals surface area contributed by atoms with Crippen molar-refractivity contribution in [1.29, 1.82) is 0 Å². The van der Waals surface area contributed by atoms with Crippen LogP contribution in [0.25, 0.3) is 0 Å². The fourth-order valence-electron chi connectivity index (χ4n) is 1.24. The van der Waals surface area contributed by atoms with Gasteiger partial charge in [0.25, 0.3) is 0 Å². The van der Waals surface area contributed by atoms with Gasteiger partial charge in [0, 0.05) is 19.1 Å². The van der Waals surface area contributed by atoms with Gasteiger partial charge in [-0.05, 0) is 12.8 Å². The van der Waals surface area contributed by atoms with E-state index >= 15 is 0 Å². The Hall–Kier alpha value is -0.150. The Morgan fingerprint density at radius 3 is 3.00 bits per heavy atom. The standard InChI is InChI=1S/C7H14FNO/c8-7(4-9)6-2-1-3-10-5-6/h6-7H,1-5,9H2. The SMILES string of the molecule is NCC(F)C1CCCOC1. The summed E-state index contributed by atoms with van der Waals surface area (Å²) in [5.74, 6) is 0.0544. The molecular formula is C7H14FNO. The molecule has 2 N–H and O–H groups in total. The molecule has 0 aromatic carbocycles. The number of halogens is 1. The van der Waals surface area contributed by atoms with Crippen LogP contribution in [-0.4, -0.2) is 25.9 Å². The lowest BCUT2D eigenvalue weighted by molar-refractivity contribution is 0.0224. The zero-order valence-electron chi connectivity index (χ0n) is 6.05. The third kappa shape index (κ3) is 1.92. The topological polar surface area (TPSA) is 35.2 Å². The number of hydrogen-bond acceptors (Lipinski definition) is 2. The normalized spacial score (nSPS) is 30.0. The first-order valence-electron chi connectivity index (χ1n) is 3.76. The Morgan fingerprint density at radius 2 is 2.50 bits per heavy atom. The van der Waals surface area contributed by atoms with Crippen LogP contribution < -0.4 is 5.73 Å². The van der Waals surface area contributed by atoms with Gasteiger partial charge >= 0.3 is 0 Å². The molecular weight excluding hydrogens is 133 g/mol. The van der Waals surface area contributed by atoms with Crippen molar-refractivity contribution in [2.24, 2.45) is 11.7 Å². The van der Waals surface area contributed by atoms with Gasteiger partial charge in [0.2, 0.25) is 0 Å². The lowest BCUT2D eigenvalue weighted by Crippen LogP contribution is -2.31. The summed E-state index contributed by atoms with van der Waals surface area (Å²) < 4.78 is 17.9. The van der Waals surface area contributed by atoms with Gasteiger partial charge in [-0.2, -0.15) is 0 Å². The predicted molar refractivity (Wildman–Crippen MR) is 37.5 cm³/mol. The van der Waals surface area contributed by atoms with Crippen molar-refractivity contribution in [2.45, 2.75) is 19.0 Å². The van der Waals surface area contributed by atoms with Gasteiger partial charge in [0.05, 0.1) is 6.61 Å². The average molecular weight is 147 g/mol. The third-order valence-corrected chi connectivity index (χ3v) is 1.93. The van der Waals surface area contributed by atoms with E-state index < -0.39 is 6.17 Å². The van der Waals surface area contributed by atoms with E-state index in [0.717, 1.165) is 19.4 Å². The van der Waals surface area contributed by atoms with E-state index in [0.29, 0.717) is 6.61 Å². The molecule has 2 unspecified atom stereocenters. The first-order valence-corrected chi connectivity index (χ1v) is 3.76. The highest BCUT2D eigenvalue weighted by Gasteiger charge is 2.22. The third-order valence-electron chi connectivity index (χ3n) is 1.93. The molecule has 1 aliphatic heterocycles. The van der Waals surface area contributed by atoms with Crippen molar-refractivity contribution >= 4 is 0 Å². The van der Waals surface area contributed by atoms with E-state index in [1.54, 1.807) is 0 Å². The van der Waals surface area contributed by atoms with Crippen molar-refractivity contribution in [3.8, 4) is 0 Å². The first-order chi connectivity index (χ1) is 4.84. The number of nitrogens with two attached hydrogens (primary N) is 1. The van der Waals surface area contributed by atoms with E-state index in [1.165, 1.54) is 0 Å². The van der Waals surface area contributed by atoms with Crippen LogP contribution >= 0.6 is 0 Å². The summed E-state index contributed by atoms with van der Waals surface area (Å²) in [6.07, 6.45) is 1.05. The minimum atomic E-state index is -0.861. The Kier molecular flexibility index (Phi) is 3.09. The zero-order chi connectivity index (χ0) is 7.40. The van der Waals surface area contributed by atoms with Gasteiger partial charge in [-0.25, -0.2) is 4.39 Å². The molecule has 0 aromatic rings. The number of ether oxygens (including phenoxy) is 1. The Morgan fingerprint density at radius 1 is 1.70 bits per heavy atom. The molecule has 3 heteroatoms. The van der Waals surface area contributed by atoms with Crippen LogP contribution in [0.4, 0.5) is 4.39 Å². The molecule has 0 spiro atoms. The molecule has 1 fully saturated rings. The van der Waals surface area contributed by atoms with E-state index in [-0.39, 0.29) is 12.5 Å². The molecule has 0 aromatic heterocycles. The lowest BCUT2D eigenvalue weighted by atomic mass is 9.97. The molecule has 10 heavy (non-hydrogen) atoms. The number of hydrogen-bond donors (Lipinski definition) is 1. The van der Waals surface area contributed by atoms with Crippen molar-refractivity contribution < 1.29 is 9.13 Å². The van der Waals surface area contributed by atoms with E-state index in [2.05, 4.69) is 0 Å². The van der Waals surface area contributed by atoms with Gasteiger partial charge in [0.15, 0.2) is 0 Å². The molecule has 60 valence electrons. The molecule has 1 aliphatic rings. The van der Waals surface area contributed by atoms with Crippen LogP contribution in [0.3, 0.4) is 0 Å². The molecule has 0 saturated carbocycles. The first kappa shape index (κ1) is 7.95. The monoisotopic (exact) mass is 147 g/mol. The minimum Gasteiger partial charge on any atom is -0.381 e. The van der Waals surface area contributed by atoms with Crippen LogP contribution in [-0.2, 0) is 4.74 Å². The number of rotatable bonds is 2. The van der Waals surface area contributed by atoms with Crippen LogP contribution in [0.5, 0.6) is 0 Å². The fourth-order valence-corrected chi connectivity index (χ4v) is 1.24. The maximum absolute atomic E-state index is 12.8. The van der Waals surface area contributed by atoms with Gasteiger partial charge in [-0.1, -0.05) is 0 Å². The van der Waals surface area contributed by atoms with Crippen LogP contribution in [0.2, 0.25) is 0 Å². The van der Waals surface area contributed by atoms with Gasteiger partial charge < -0.3 is 10.5 Å². The highest BCUT2D eigenvalue weighted by atomic mass is 19.1. The Bertz CT molecular complexity index is 93.6. The minimum absolute atomic E-state index is 0.0544. The maximum Gasteiger partial charge on any atom is 0.117 e. The molecule has 2 atom stereocenters. The van der Waals surface area contributed by atoms with E-state index in [1.807, 2.05) is 0 Å². The van der Waals surface area contributed by atoms with Crippen molar-refractivity contribution in [2.75, 3.05) is 19.8 Å². The van der Waals surface area contributed by atoms with Crippen LogP contribution in [0, 0.1) is 5.92 Å². The predicted octanol–water partition coefficient (Wildman–Crippen LogP) is 0.710. The van der Waals surface area contributed by atoms with E-state index in [4.69, 9.17) is 10.5 Å². The summed E-state index contributed by atoms with van der Waals surface area (Å²) >= 11 is 0. The zero-order valence-corrected chi connectivity index (χ0v) is 6.05. The summed E-state index contributed by atoms with van der Waals surface area (Å²) in [4.78, 5) is 0. The summed E-state index contributed by atoms with van der Waals surface area (Å²) in [6.45, 7) is 1.47. The number of alkyl halides is 1. The van der Waals surface area contributed by atoms with Crippen molar-refractivity contribution in [1.82, 2.24) is 0 Å². The van der Waals surface area contributed by atoms with Gasteiger partial charge in [-0.3, -0.25) is 0 Å². The summed E-state index contributed by atoms with van der Waals surface area (Å²) in [5.41, 5.74) is 5.17. The highest BCUT2D eigenvalue weighted by molar-refractivity contribution is 4.72. The second-order valence-electron chi connectivity index (χ2n) is 2.73. The molecule has 0 bridgehead atoms. The maximum atomic E-state index is 12.8. The fraction of sp³-hybridized carbons (Fsp3) is 1.00. The molecule has 0 amide bonds. The molecule has 1 rings (SSSR count). The molecule has 1 heterocycles. The average Bonchev–Trinajstić information content (AvgIpc) is 2.05. The molecule has 1 saturated heterocycles. The van der Waals surface area contributed by atoms with Crippen molar-refractivity contribution in [3.05, 3.63) is 0 Å². The second-order valence-corrected chi connectivity index (χ2v) is 2.73. The van der Waals surface area contributed by atoms with Crippen molar-refractivity contribution in [3.63, 3.8) is 0 Å². The summed E-state index contributed by atoms with van der Waals surface area (Å²) in [7, 11) is 0. The Balaban J connectivity index is 2.24. The quantitative estimate of drug-likeness (QED) is 0.624. The molecule has 2 nitrogen and oxygen atoms in total. The van der Waals surface area contributed by atoms with Gasteiger partial charge in [-0.15, -0.1) is 0 Å². The molecule has 0 aliphatic carbocycles. The van der Waals surface area contributed by atoms with Gasteiger partial charge in [0.1, 0.15) is 6.17 Å². The summed E-state index contributed by atoms with van der Waals surface area (Å²) in [5, 5.41) is 0. The smallest absolute Gasteiger partial charge is 0.117 e. The highest BCUT2D eigenvalue weighted by Crippen LogP contribution is 2.18. The molecule has 0 radical (unpaired) electrons. The Labute approximate surface area is 60.5 Å². The lowest BCUT2D eigenvalue weighted by Gasteiger charge is -2.24. The largest absolute Gasteiger partial charge is 0.381 e. The summed E-state index contributed by atoms with van der Waals surface area (Å²) in [6, 6.07) is 0.